The fourth-order valence-corrected chi connectivity index (χ4v) is 3.80. The fraction of sp³-hybridized carbons (Fsp3) is 0.556. The molecule has 2 aromatic heterocycles. The highest BCUT2D eigenvalue weighted by Gasteiger charge is 2.31. The van der Waals surface area contributed by atoms with Gasteiger partial charge in [0.2, 0.25) is 0 Å². The number of likely N-dealkylation sites (N-methyl/N-ethyl adjacent to an activating group) is 1. The van der Waals surface area contributed by atoms with Crippen molar-refractivity contribution in [3.63, 3.8) is 0 Å². The Morgan fingerprint density at radius 2 is 2.04 bits per heavy atom. The van der Waals surface area contributed by atoms with Crippen LogP contribution < -0.4 is 9.80 Å². The van der Waals surface area contributed by atoms with Crippen molar-refractivity contribution in [1.29, 1.82) is 0 Å². The fourth-order valence-electron chi connectivity index (χ4n) is 3.80. The van der Waals surface area contributed by atoms with Gasteiger partial charge in [-0.2, -0.15) is 5.10 Å². The molecule has 1 atom stereocenters. The lowest BCUT2D eigenvalue weighted by Gasteiger charge is -2.18. The molecule has 2 aromatic rings. The van der Waals surface area contributed by atoms with Crippen molar-refractivity contribution < 1.29 is 4.79 Å². The maximum atomic E-state index is 12.2. The number of hydrogen-bond acceptors (Lipinski definition) is 5. The summed E-state index contributed by atoms with van der Waals surface area (Å²) in [5.74, 6) is 2.58. The van der Waals surface area contributed by atoms with E-state index in [0.717, 1.165) is 49.9 Å². The van der Waals surface area contributed by atoms with E-state index in [9.17, 15) is 4.79 Å². The van der Waals surface area contributed by atoms with Crippen molar-refractivity contribution in [3.05, 3.63) is 30.5 Å². The zero-order valence-corrected chi connectivity index (χ0v) is 15.0. The summed E-state index contributed by atoms with van der Waals surface area (Å²) in [7, 11) is 1.83. The van der Waals surface area contributed by atoms with Crippen LogP contribution in [0.25, 0.3) is 0 Å². The van der Waals surface area contributed by atoms with E-state index >= 15 is 0 Å². The zero-order chi connectivity index (χ0) is 17.7. The monoisotopic (exact) mass is 353 g/mol. The first-order valence-electron chi connectivity index (χ1n) is 9.34. The van der Waals surface area contributed by atoms with E-state index in [1.165, 1.54) is 12.8 Å². The van der Waals surface area contributed by atoms with E-state index in [0.29, 0.717) is 12.0 Å². The van der Waals surface area contributed by atoms with Gasteiger partial charge in [0.1, 0.15) is 11.6 Å². The van der Waals surface area contributed by atoms with Gasteiger partial charge in [0.25, 0.3) is 0 Å². The number of anilines is 2. The highest BCUT2D eigenvalue weighted by molar-refractivity contribution is 5.93. The normalized spacial score (nSPS) is 23.3. The molecular weight excluding hydrogens is 330 g/mol. The van der Waals surface area contributed by atoms with Gasteiger partial charge in [-0.05, 0) is 25.3 Å². The highest BCUT2D eigenvalue weighted by Crippen LogP contribution is 2.38. The van der Waals surface area contributed by atoms with Crippen molar-refractivity contribution >= 4 is 17.5 Å². The molecule has 26 heavy (non-hydrogen) atoms. The third-order valence-electron chi connectivity index (χ3n) is 5.58. The summed E-state index contributed by atoms with van der Waals surface area (Å²) >= 11 is 0. The maximum Gasteiger partial charge on any atom is 0.324 e. The van der Waals surface area contributed by atoms with Gasteiger partial charge in [-0.3, -0.25) is 9.58 Å². The molecule has 5 rings (SSSR count). The Balaban J connectivity index is 1.29. The average Bonchev–Trinajstić information content (AvgIpc) is 3.04. The van der Waals surface area contributed by atoms with E-state index in [-0.39, 0.29) is 6.03 Å². The van der Waals surface area contributed by atoms with Crippen LogP contribution in [0.15, 0.2) is 24.7 Å². The van der Waals surface area contributed by atoms with Gasteiger partial charge in [0, 0.05) is 51.5 Å². The molecule has 4 heterocycles. The summed E-state index contributed by atoms with van der Waals surface area (Å²) < 4.78 is 2.00. The van der Waals surface area contributed by atoms with Crippen LogP contribution in [0.5, 0.6) is 0 Å². The minimum atomic E-state index is 0.0474. The predicted octanol–water partition coefficient (Wildman–Crippen LogP) is 1.87. The molecule has 0 bridgehead atoms. The van der Waals surface area contributed by atoms with Gasteiger partial charge in [-0.15, -0.1) is 0 Å². The Kier molecular flexibility index (Phi) is 3.58. The summed E-state index contributed by atoms with van der Waals surface area (Å²) in [6.45, 7) is 3.34. The molecule has 2 amide bonds. The van der Waals surface area contributed by atoms with Gasteiger partial charge in [0.05, 0.1) is 17.9 Å². The summed E-state index contributed by atoms with van der Waals surface area (Å²) in [4.78, 5) is 27.2. The van der Waals surface area contributed by atoms with Crippen LogP contribution >= 0.6 is 0 Å². The number of hydrogen-bond donors (Lipinski definition) is 0. The highest BCUT2D eigenvalue weighted by atomic mass is 16.2. The molecule has 8 heteroatoms. The molecule has 1 saturated carbocycles. The Morgan fingerprint density at radius 1 is 1.15 bits per heavy atom. The molecule has 8 nitrogen and oxygen atoms in total. The second kappa shape index (κ2) is 5.96. The van der Waals surface area contributed by atoms with Crippen molar-refractivity contribution in [3.8, 4) is 0 Å². The van der Waals surface area contributed by atoms with E-state index in [1.54, 1.807) is 16.0 Å². The number of nitrogens with zero attached hydrogens (tertiary/aromatic N) is 7. The number of amides is 2. The zero-order valence-electron chi connectivity index (χ0n) is 15.0. The van der Waals surface area contributed by atoms with Crippen molar-refractivity contribution in [1.82, 2.24) is 24.6 Å². The third kappa shape index (κ3) is 2.69. The molecule has 1 unspecified atom stereocenters. The first-order valence-corrected chi connectivity index (χ1v) is 9.34. The minimum Gasteiger partial charge on any atom is -0.354 e. The Hall–Kier alpha value is -2.64. The number of aromatic nitrogens is 4. The molecule has 136 valence electrons. The van der Waals surface area contributed by atoms with E-state index in [2.05, 4.69) is 15.0 Å². The Morgan fingerprint density at radius 3 is 2.81 bits per heavy atom. The lowest BCUT2D eigenvalue weighted by molar-refractivity contribution is 0.229. The van der Waals surface area contributed by atoms with Crippen LogP contribution in [0.1, 0.15) is 37.0 Å². The smallest absolute Gasteiger partial charge is 0.324 e. The third-order valence-corrected chi connectivity index (χ3v) is 5.58. The topological polar surface area (TPSA) is 70.4 Å². The molecule has 0 aromatic carbocycles. The van der Waals surface area contributed by atoms with Gasteiger partial charge in [0.15, 0.2) is 0 Å². The van der Waals surface area contributed by atoms with Gasteiger partial charge in [-0.1, -0.05) is 0 Å². The van der Waals surface area contributed by atoms with E-state index < -0.39 is 0 Å². The number of urea groups is 1. The average molecular weight is 353 g/mol. The van der Waals surface area contributed by atoms with Crippen LogP contribution in [0.4, 0.5) is 16.3 Å². The summed E-state index contributed by atoms with van der Waals surface area (Å²) in [5, 5.41) is 4.53. The molecule has 0 spiro atoms. The quantitative estimate of drug-likeness (QED) is 0.839. The van der Waals surface area contributed by atoms with Crippen molar-refractivity contribution in [2.24, 2.45) is 0 Å². The second-order valence-electron chi connectivity index (χ2n) is 7.47. The van der Waals surface area contributed by atoms with Gasteiger partial charge >= 0.3 is 6.03 Å². The first-order chi connectivity index (χ1) is 12.7. The molecule has 0 N–H and O–H groups in total. The molecule has 1 aliphatic carbocycles. The lowest BCUT2D eigenvalue weighted by atomic mass is 10.3. The molecule has 2 aliphatic heterocycles. The van der Waals surface area contributed by atoms with Crippen molar-refractivity contribution in [2.45, 2.75) is 31.2 Å². The standard InChI is InChI=1S/C18H23N7O/c1-22-8-9-24(18(22)26)15-10-20-25(12-15)14-5-7-23(11-14)16-4-6-19-17(21-16)13-2-3-13/h4,6,10,12-14H,2-3,5,7-9,11H2,1H3. The molecule has 0 radical (unpaired) electrons. The molecular formula is C18H23N7O. The van der Waals surface area contributed by atoms with Crippen LogP contribution in [-0.2, 0) is 0 Å². The van der Waals surface area contributed by atoms with Crippen molar-refractivity contribution in [2.75, 3.05) is 43.0 Å². The largest absolute Gasteiger partial charge is 0.354 e. The molecule has 3 aliphatic rings. The first kappa shape index (κ1) is 15.6. The molecule has 3 fully saturated rings. The number of rotatable bonds is 4. The van der Waals surface area contributed by atoms with Gasteiger partial charge < -0.3 is 9.80 Å². The van der Waals surface area contributed by atoms with Gasteiger partial charge in [-0.25, -0.2) is 14.8 Å². The summed E-state index contributed by atoms with van der Waals surface area (Å²) in [6.07, 6.45) is 9.14. The van der Waals surface area contributed by atoms with E-state index in [4.69, 9.17) is 4.98 Å². The molecule has 2 saturated heterocycles. The van der Waals surface area contributed by atoms with Crippen LogP contribution in [-0.4, -0.2) is 63.9 Å². The lowest BCUT2D eigenvalue weighted by Crippen LogP contribution is -2.28. The number of carbonyl (C=O) groups excluding carboxylic acids is 1. The van der Waals surface area contributed by atoms with Crippen LogP contribution in [0.2, 0.25) is 0 Å². The van der Waals surface area contributed by atoms with Crippen LogP contribution in [0, 0.1) is 0 Å². The predicted molar refractivity (Wildman–Crippen MR) is 97.5 cm³/mol. The Labute approximate surface area is 152 Å². The van der Waals surface area contributed by atoms with E-state index in [1.807, 2.05) is 30.2 Å². The SMILES string of the molecule is CN1CCN(c2cnn(C3CCN(c4ccnc(C5CC5)n4)C3)c2)C1=O. The minimum absolute atomic E-state index is 0.0474. The van der Waals surface area contributed by atoms with Crippen LogP contribution in [0.3, 0.4) is 0 Å². The summed E-state index contributed by atoms with van der Waals surface area (Å²) in [6, 6.07) is 2.35. The number of carbonyl (C=O) groups is 1. The Bertz CT molecular complexity index is 830. The summed E-state index contributed by atoms with van der Waals surface area (Å²) in [5.41, 5.74) is 0.885. The maximum absolute atomic E-state index is 12.2. The second-order valence-corrected chi connectivity index (χ2v) is 7.47.